The minimum atomic E-state index is -3.59. The molecule has 10 heteroatoms. The monoisotopic (exact) mass is 565 g/mol. The molecule has 2 N–H and O–H groups in total. The van der Waals surface area contributed by atoms with Crippen molar-refractivity contribution < 1.29 is 23.0 Å². The van der Waals surface area contributed by atoms with E-state index < -0.39 is 16.3 Å². The molecule has 5 rings (SSSR count). The lowest BCUT2D eigenvalue weighted by Crippen LogP contribution is -2.31. The summed E-state index contributed by atoms with van der Waals surface area (Å²) in [7, 11) is -1.62. The highest BCUT2D eigenvalue weighted by molar-refractivity contribution is 7.99. The third-order valence-corrected chi connectivity index (χ3v) is 9.17. The molecule has 1 aliphatic rings. The molecule has 0 spiro atoms. The van der Waals surface area contributed by atoms with Crippen LogP contribution in [0.4, 0.5) is 0 Å². The van der Waals surface area contributed by atoms with Crippen LogP contribution >= 0.6 is 11.8 Å². The van der Waals surface area contributed by atoms with Gasteiger partial charge in [0, 0.05) is 43.7 Å². The number of rotatable bonds is 10. The standard InChI is InChI=1S/C29H31N3O5S2/c1-32-16-15-30-29(32)38-20-25-17-27(23-11-9-22(19-33)10-12-23)37-28(36-25)24-13-7-21(8-14-24)18-31-39(34,35)26-5-3-2-4-6-26/h2-16,25,27-28,31,33H,17-20H2,1H3/t25-,27+,28+/m0/s1. The van der Waals surface area contributed by atoms with Gasteiger partial charge in [0.25, 0.3) is 0 Å². The Balaban J connectivity index is 1.29. The highest BCUT2D eigenvalue weighted by Gasteiger charge is 2.32. The number of benzene rings is 3. The normalized spacial score (nSPS) is 19.7. The van der Waals surface area contributed by atoms with Crippen LogP contribution in [0.15, 0.2) is 101 Å². The first kappa shape index (κ1) is 27.6. The Morgan fingerprint density at radius 3 is 2.33 bits per heavy atom. The summed E-state index contributed by atoms with van der Waals surface area (Å²) < 4.78 is 42.6. The molecule has 0 radical (unpaired) electrons. The van der Waals surface area contributed by atoms with Gasteiger partial charge < -0.3 is 19.1 Å². The highest BCUT2D eigenvalue weighted by Crippen LogP contribution is 2.39. The summed E-state index contributed by atoms with van der Waals surface area (Å²) in [5, 5.41) is 10.3. The van der Waals surface area contributed by atoms with Gasteiger partial charge in [0.1, 0.15) is 0 Å². The molecule has 39 heavy (non-hydrogen) atoms. The number of thioether (sulfide) groups is 1. The van der Waals surface area contributed by atoms with Crippen molar-refractivity contribution in [3.63, 3.8) is 0 Å². The Kier molecular flexibility index (Phi) is 8.81. The molecule has 4 aromatic rings. The van der Waals surface area contributed by atoms with Crippen molar-refractivity contribution in [3.8, 4) is 0 Å². The van der Waals surface area contributed by atoms with E-state index in [1.54, 1.807) is 48.3 Å². The molecule has 0 amide bonds. The number of nitrogens with one attached hydrogen (secondary N) is 1. The van der Waals surface area contributed by atoms with Crippen molar-refractivity contribution in [1.29, 1.82) is 0 Å². The maximum Gasteiger partial charge on any atom is 0.240 e. The molecule has 3 aromatic carbocycles. The molecule has 8 nitrogen and oxygen atoms in total. The fraction of sp³-hybridized carbons (Fsp3) is 0.276. The van der Waals surface area contributed by atoms with Crippen molar-refractivity contribution in [3.05, 3.63) is 114 Å². The van der Waals surface area contributed by atoms with Crippen molar-refractivity contribution in [2.75, 3.05) is 5.75 Å². The van der Waals surface area contributed by atoms with Crippen LogP contribution in [-0.4, -0.2) is 34.9 Å². The van der Waals surface area contributed by atoms with Gasteiger partial charge >= 0.3 is 0 Å². The SMILES string of the molecule is Cn1ccnc1SC[C@@H]1C[C@H](c2ccc(CO)cc2)O[C@H](c2ccc(CNS(=O)(=O)c3ccccc3)cc2)O1. The number of hydrogen-bond donors (Lipinski definition) is 2. The zero-order valence-corrected chi connectivity index (χ0v) is 23.1. The Labute approximate surface area is 233 Å². The van der Waals surface area contributed by atoms with Gasteiger partial charge in [-0.2, -0.15) is 0 Å². The summed E-state index contributed by atoms with van der Waals surface area (Å²) in [5.74, 6) is 0.718. The van der Waals surface area contributed by atoms with Crippen LogP contribution < -0.4 is 4.72 Å². The predicted octanol–water partition coefficient (Wildman–Crippen LogP) is 4.73. The number of hydrogen-bond acceptors (Lipinski definition) is 7. The summed E-state index contributed by atoms with van der Waals surface area (Å²) >= 11 is 1.64. The van der Waals surface area contributed by atoms with Crippen molar-refractivity contribution in [2.45, 2.75) is 48.1 Å². The van der Waals surface area contributed by atoms with E-state index in [0.29, 0.717) is 6.42 Å². The van der Waals surface area contributed by atoms with Crippen LogP contribution in [0.25, 0.3) is 0 Å². The Hall–Kier alpha value is -2.99. The average Bonchev–Trinajstić information content (AvgIpc) is 3.40. The van der Waals surface area contributed by atoms with Crippen molar-refractivity contribution in [2.24, 2.45) is 7.05 Å². The van der Waals surface area contributed by atoms with Gasteiger partial charge in [0.15, 0.2) is 11.4 Å². The largest absolute Gasteiger partial charge is 0.392 e. The first-order chi connectivity index (χ1) is 18.9. The number of aliphatic hydroxyl groups is 1. The third kappa shape index (κ3) is 6.96. The summed E-state index contributed by atoms with van der Waals surface area (Å²) in [6, 6.07) is 23.7. The molecule has 0 bridgehead atoms. The van der Waals surface area contributed by atoms with Crippen LogP contribution in [0, 0.1) is 0 Å². The molecule has 2 heterocycles. The Bertz CT molecular complexity index is 1460. The lowest BCUT2D eigenvalue weighted by Gasteiger charge is -2.36. The molecule has 0 aliphatic carbocycles. The van der Waals surface area contributed by atoms with Gasteiger partial charge in [0.2, 0.25) is 10.0 Å². The van der Waals surface area contributed by atoms with E-state index in [-0.39, 0.29) is 30.3 Å². The molecule has 0 unspecified atom stereocenters. The Morgan fingerprint density at radius 1 is 0.974 bits per heavy atom. The van der Waals surface area contributed by atoms with E-state index in [2.05, 4.69) is 9.71 Å². The van der Waals surface area contributed by atoms with E-state index in [1.807, 2.05) is 66.3 Å². The fourth-order valence-electron chi connectivity index (χ4n) is 4.34. The number of aliphatic hydroxyl groups excluding tert-OH is 1. The summed E-state index contributed by atoms with van der Waals surface area (Å²) in [4.78, 5) is 4.64. The number of nitrogens with zero attached hydrogens (tertiary/aromatic N) is 2. The maximum atomic E-state index is 12.6. The van der Waals surface area contributed by atoms with Gasteiger partial charge in [-0.15, -0.1) is 0 Å². The minimum Gasteiger partial charge on any atom is -0.392 e. The smallest absolute Gasteiger partial charge is 0.240 e. The number of aryl methyl sites for hydroxylation is 1. The van der Waals surface area contributed by atoms with Gasteiger partial charge in [-0.1, -0.05) is 78.5 Å². The topological polar surface area (TPSA) is 103 Å². The summed E-state index contributed by atoms with van der Waals surface area (Å²) in [6.07, 6.45) is 3.55. The third-order valence-electron chi connectivity index (χ3n) is 6.56. The number of sulfonamides is 1. The van der Waals surface area contributed by atoms with Gasteiger partial charge in [-0.05, 0) is 28.8 Å². The molecule has 1 saturated heterocycles. The summed E-state index contributed by atoms with van der Waals surface area (Å²) in [5.41, 5.74) is 3.56. The lowest BCUT2D eigenvalue weighted by atomic mass is 10.0. The number of aromatic nitrogens is 2. The Morgan fingerprint density at radius 2 is 1.67 bits per heavy atom. The van der Waals surface area contributed by atoms with Crippen LogP contribution in [0.3, 0.4) is 0 Å². The molecule has 204 valence electrons. The fourth-order valence-corrected chi connectivity index (χ4v) is 6.32. The lowest BCUT2D eigenvalue weighted by molar-refractivity contribution is -0.245. The first-order valence-corrected chi connectivity index (χ1v) is 15.1. The van der Waals surface area contributed by atoms with Crippen molar-refractivity contribution in [1.82, 2.24) is 14.3 Å². The molecule has 1 fully saturated rings. The molecular weight excluding hydrogens is 534 g/mol. The number of imidazole rings is 1. The second-order valence-corrected chi connectivity index (χ2v) is 12.1. The first-order valence-electron chi connectivity index (χ1n) is 12.7. The van der Waals surface area contributed by atoms with E-state index in [1.165, 1.54) is 0 Å². The minimum absolute atomic E-state index is 0.00563. The van der Waals surface area contributed by atoms with E-state index >= 15 is 0 Å². The highest BCUT2D eigenvalue weighted by atomic mass is 32.2. The quantitative estimate of drug-likeness (QED) is 0.268. The number of ether oxygens (including phenoxy) is 2. The predicted molar refractivity (Wildman–Crippen MR) is 149 cm³/mol. The average molecular weight is 566 g/mol. The van der Waals surface area contributed by atoms with Gasteiger partial charge in [0.05, 0.1) is 23.7 Å². The van der Waals surface area contributed by atoms with Gasteiger partial charge in [-0.25, -0.2) is 18.1 Å². The van der Waals surface area contributed by atoms with Crippen LogP contribution in [0.1, 0.15) is 41.1 Å². The second-order valence-electron chi connectivity index (χ2n) is 9.36. The summed E-state index contributed by atoms with van der Waals surface area (Å²) in [6.45, 7) is 0.168. The molecule has 3 atom stereocenters. The van der Waals surface area contributed by atoms with E-state index in [4.69, 9.17) is 9.47 Å². The van der Waals surface area contributed by atoms with Crippen molar-refractivity contribution >= 4 is 21.8 Å². The molecule has 1 aliphatic heterocycles. The van der Waals surface area contributed by atoms with Crippen LogP contribution in [-0.2, 0) is 39.7 Å². The molecule has 1 aromatic heterocycles. The zero-order valence-electron chi connectivity index (χ0n) is 21.5. The van der Waals surface area contributed by atoms with Crippen LogP contribution in [0.5, 0.6) is 0 Å². The zero-order chi connectivity index (χ0) is 27.2. The van der Waals surface area contributed by atoms with E-state index in [0.717, 1.165) is 33.2 Å². The molecular formula is C29H31N3O5S2. The second kappa shape index (κ2) is 12.5. The van der Waals surface area contributed by atoms with Crippen LogP contribution in [0.2, 0.25) is 0 Å². The van der Waals surface area contributed by atoms with E-state index in [9.17, 15) is 13.5 Å². The molecule has 0 saturated carbocycles. The maximum absolute atomic E-state index is 12.6. The van der Waals surface area contributed by atoms with Gasteiger partial charge in [-0.3, -0.25) is 0 Å².